The number of nitrogen functional groups attached to an aromatic ring is 1. The van der Waals surface area contributed by atoms with E-state index < -0.39 is 15.8 Å². The summed E-state index contributed by atoms with van der Waals surface area (Å²) in [7, 11) is -3.55. The van der Waals surface area contributed by atoms with E-state index in [1.807, 2.05) is 20.8 Å². The molecule has 126 valence electrons. The first-order valence-corrected chi connectivity index (χ1v) is 8.56. The predicted octanol–water partition coefficient (Wildman–Crippen LogP) is 2.13. The van der Waals surface area contributed by atoms with Gasteiger partial charge in [0.25, 0.3) is 10.2 Å². The molecular weight excluding hydrogens is 326 g/mol. The summed E-state index contributed by atoms with van der Waals surface area (Å²) < 4.78 is 35.2. The van der Waals surface area contributed by atoms with Gasteiger partial charge < -0.3 is 10.5 Å². The molecule has 6 nitrogen and oxygen atoms in total. The zero-order valence-corrected chi connectivity index (χ0v) is 14.7. The van der Waals surface area contributed by atoms with E-state index >= 15 is 0 Å². The molecule has 0 spiro atoms. The Morgan fingerprint density at radius 1 is 1.41 bits per heavy atom. The molecule has 0 radical (unpaired) electrons. The van der Waals surface area contributed by atoms with Gasteiger partial charge in [-0.25, -0.2) is 4.72 Å². The molecule has 1 heterocycles. The maximum absolute atomic E-state index is 12.1. The highest BCUT2D eigenvalue weighted by Crippen LogP contribution is 2.40. The van der Waals surface area contributed by atoms with E-state index in [1.54, 1.807) is 18.2 Å². The number of rotatable bonds is 5. The molecule has 0 saturated carbocycles. The first-order chi connectivity index (χ1) is 9.72. The molecule has 4 N–H and O–H groups in total. The van der Waals surface area contributed by atoms with Gasteiger partial charge in [0.15, 0.2) is 0 Å². The zero-order valence-electron chi connectivity index (χ0n) is 13.0. The summed E-state index contributed by atoms with van der Waals surface area (Å²) in [6.45, 7) is 6.20. The van der Waals surface area contributed by atoms with Gasteiger partial charge in [0.1, 0.15) is 11.4 Å². The van der Waals surface area contributed by atoms with Crippen molar-refractivity contribution in [3.63, 3.8) is 0 Å². The fraction of sp³-hybridized carbons (Fsp3) is 0.571. The number of halogens is 1. The van der Waals surface area contributed by atoms with Crippen molar-refractivity contribution in [3.05, 3.63) is 23.8 Å². The standard InChI is InChI=1S/C14H23N3O3S.ClH/c1-4-7-16-21(18,19)17-12-9-14(2,3)20-13-6-5-10(15)8-11(12)13;/h5-6,8,12,16-17H,4,7,9,15H2,1-3H3;1H. The molecule has 0 aliphatic carbocycles. The molecule has 8 heteroatoms. The Morgan fingerprint density at radius 3 is 2.73 bits per heavy atom. The van der Waals surface area contributed by atoms with Crippen molar-refractivity contribution in [1.29, 1.82) is 0 Å². The van der Waals surface area contributed by atoms with Crippen LogP contribution in [0.1, 0.15) is 45.2 Å². The molecule has 1 aromatic rings. The van der Waals surface area contributed by atoms with E-state index in [4.69, 9.17) is 10.5 Å². The van der Waals surface area contributed by atoms with Gasteiger partial charge in [-0.3, -0.25) is 0 Å². The summed E-state index contributed by atoms with van der Waals surface area (Å²) in [5, 5.41) is 0. The number of anilines is 1. The van der Waals surface area contributed by atoms with Gasteiger partial charge in [-0.1, -0.05) is 6.92 Å². The lowest BCUT2D eigenvalue weighted by atomic mass is 9.90. The first kappa shape index (κ1) is 19.0. The van der Waals surface area contributed by atoms with E-state index in [9.17, 15) is 8.42 Å². The van der Waals surface area contributed by atoms with E-state index in [0.29, 0.717) is 24.4 Å². The SMILES string of the molecule is CCCNS(=O)(=O)NC1CC(C)(C)Oc2ccc(N)cc21.Cl. The lowest BCUT2D eigenvalue weighted by molar-refractivity contribution is 0.0702. The van der Waals surface area contributed by atoms with Crippen LogP contribution in [0.2, 0.25) is 0 Å². The monoisotopic (exact) mass is 349 g/mol. The first-order valence-electron chi connectivity index (χ1n) is 7.08. The summed E-state index contributed by atoms with van der Waals surface area (Å²) in [5.41, 5.74) is 6.72. The molecule has 1 aliphatic rings. The van der Waals surface area contributed by atoms with Crippen molar-refractivity contribution in [2.75, 3.05) is 12.3 Å². The van der Waals surface area contributed by atoms with Crippen molar-refractivity contribution in [1.82, 2.24) is 9.44 Å². The molecule has 2 rings (SSSR count). The molecule has 0 fully saturated rings. The van der Waals surface area contributed by atoms with Gasteiger partial charge in [0.2, 0.25) is 0 Å². The summed E-state index contributed by atoms with van der Waals surface area (Å²) in [6.07, 6.45) is 1.28. The number of ether oxygens (including phenoxy) is 1. The zero-order chi connectivity index (χ0) is 15.7. The van der Waals surface area contributed by atoms with Crippen molar-refractivity contribution < 1.29 is 13.2 Å². The topological polar surface area (TPSA) is 93.5 Å². The highest BCUT2D eigenvalue weighted by atomic mass is 35.5. The van der Waals surface area contributed by atoms with Crippen LogP contribution >= 0.6 is 12.4 Å². The third kappa shape index (κ3) is 4.74. The minimum absolute atomic E-state index is 0. The Morgan fingerprint density at radius 2 is 2.09 bits per heavy atom. The third-order valence-corrected chi connectivity index (χ3v) is 4.51. The molecule has 0 bridgehead atoms. The average Bonchev–Trinajstić information content (AvgIpc) is 2.36. The van der Waals surface area contributed by atoms with E-state index in [1.165, 1.54) is 0 Å². The van der Waals surface area contributed by atoms with Crippen molar-refractivity contribution in [2.45, 2.75) is 45.3 Å². The van der Waals surface area contributed by atoms with Crippen molar-refractivity contribution in [2.24, 2.45) is 0 Å². The van der Waals surface area contributed by atoms with Gasteiger partial charge in [0, 0.05) is 24.2 Å². The highest BCUT2D eigenvalue weighted by Gasteiger charge is 2.35. The number of nitrogens with one attached hydrogen (secondary N) is 2. The lowest BCUT2D eigenvalue weighted by Gasteiger charge is -2.37. The van der Waals surface area contributed by atoms with Crippen LogP contribution in [0.4, 0.5) is 5.69 Å². The van der Waals surface area contributed by atoms with Crippen LogP contribution in [0, 0.1) is 0 Å². The summed E-state index contributed by atoms with van der Waals surface area (Å²) >= 11 is 0. The van der Waals surface area contributed by atoms with Crippen LogP contribution in [0.25, 0.3) is 0 Å². The molecular formula is C14H24ClN3O3S. The second-order valence-corrected chi connectivity index (χ2v) is 7.46. The molecule has 1 aliphatic heterocycles. The fourth-order valence-corrected chi connectivity index (χ4v) is 3.58. The van der Waals surface area contributed by atoms with Crippen LogP contribution in [0.3, 0.4) is 0 Å². The van der Waals surface area contributed by atoms with Gasteiger partial charge in [0.05, 0.1) is 6.04 Å². The Balaban J connectivity index is 0.00000242. The third-order valence-electron chi connectivity index (χ3n) is 3.33. The van der Waals surface area contributed by atoms with Gasteiger partial charge in [-0.15, -0.1) is 12.4 Å². The summed E-state index contributed by atoms with van der Waals surface area (Å²) in [6, 6.07) is 4.94. The largest absolute Gasteiger partial charge is 0.487 e. The number of hydrogen-bond donors (Lipinski definition) is 3. The van der Waals surface area contributed by atoms with Crippen LogP contribution in [-0.2, 0) is 10.2 Å². The fourth-order valence-electron chi connectivity index (χ4n) is 2.44. The minimum atomic E-state index is -3.55. The normalized spacial score (nSPS) is 19.7. The summed E-state index contributed by atoms with van der Waals surface area (Å²) in [5.74, 6) is 0.670. The highest BCUT2D eigenvalue weighted by molar-refractivity contribution is 7.87. The second-order valence-electron chi connectivity index (χ2n) is 5.93. The maximum Gasteiger partial charge on any atom is 0.277 e. The Hall–Kier alpha value is -1.02. The second kappa shape index (κ2) is 7.04. The molecule has 0 amide bonds. The Bertz CT molecular complexity index is 620. The van der Waals surface area contributed by atoms with Gasteiger partial charge >= 0.3 is 0 Å². The van der Waals surface area contributed by atoms with Gasteiger partial charge in [-0.05, 0) is 38.5 Å². The maximum atomic E-state index is 12.1. The lowest BCUT2D eigenvalue weighted by Crippen LogP contribution is -2.45. The van der Waals surface area contributed by atoms with Gasteiger partial charge in [-0.2, -0.15) is 13.1 Å². The van der Waals surface area contributed by atoms with E-state index in [2.05, 4.69) is 9.44 Å². The summed E-state index contributed by atoms with van der Waals surface area (Å²) in [4.78, 5) is 0. The van der Waals surface area contributed by atoms with Crippen LogP contribution in [0.15, 0.2) is 18.2 Å². The Labute approximate surface area is 138 Å². The van der Waals surface area contributed by atoms with Crippen LogP contribution in [0.5, 0.6) is 5.75 Å². The van der Waals surface area contributed by atoms with Crippen LogP contribution in [-0.4, -0.2) is 20.6 Å². The predicted molar refractivity (Wildman–Crippen MR) is 90.5 cm³/mol. The number of fused-ring (bicyclic) bond motifs is 1. The number of benzene rings is 1. The smallest absolute Gasteiger partial charge is 0.277 e. The molecule has 1 atom stereocenters. The molecule has 1 unspecified atom stereocenters. The van der Waals surface area contributed by atoms with Crippen molar-refractivity contribution in [3.8, 4) is 5.75 Å². The minimum Gasteiger partial charge on any atom is -0.487 e. The number of hydrogen-bond acceptors (Lipinski definition) is 4. The Kier molecular flexibility index (Phi) is 6.09. The van der Waals surface area contributed by atoms with Crippen molar-refractivity contribution >= 4 is 28.3 Å². The molecule has 0 aromatic heterocycles. The van der Waals surface area contributed by atoms with E-state index in [-0.39, 0.29) is 18.4 Å². The molecule has 1 aromatic carbocycles. The average molecular weight is 350 g/mol. The van der Waals surface area contributed by atoms with E-state index in [0.717, 1.165) is 12.0 Å². The van der Waals surface area contributed by atoms with Crippen LogP contribution < -0.4 is 19.9 Å². The molecule has 22 heavy (non-hydrogen) atoms. The quantitative estimate of drug-likeness (QED) is 0.710. The molecule has 0 saturated heterocycles. The number of nitrogens with two attached hydrogens (primary N) is 1.